The van der Waals surface area contributed by atoms with Crippen molar-refractivity contribution >= 4 is 34.1 Å². The minimum Gasteiger partial charge on any atom is -0.365 e. The van der Waals surface area contributed by atoms with Crippen LogP contribution in [-0.4, -0.2) is 25.5 Å². The van der Waals surface area contributed by atoms with Crippen LogP contribution in [0.25, 0.3) is 16.6 Å². The first kappa shape index (κ1) is 17.9. The van der Waals surface area contributed by atoms with E-state index in [-0.39, 0.29) is 11.7 Å². The SMILES string of the molecule is O=C(Nc1cnc2ccc(NCc3ccc(F)cc3)nn12)c1ccc2[nH]ccc2c1. The molecule has 3 heterocycles. The zero-order valence-corrected chi connectivity index (χ0v) is 15.8. The zero-order chi connectivity index (χ0) is 20.5. The average Bonchev–Trinajstić information content (AvgIpc) is 3.39. The molecule has 0 radical (unpaired) electrons. The van der Waals surface area contributed by atoms with E-state index in [1.54, 1.807) is 35.0 Å². The molecule has 0 saturated carbocycles. The van der Waals surface area contributed by atoms with Gasteiger partial charge in [-0.15, -0.1) is 5.10 Å². The van der Waals surface area contributed by atoms with Gasteiger partial charge in [0.25, 0.3) is 5.91 Å². The fourth-order valence-electron chi connectivity index (χ4n) is 3.23. The number of benzene rings is 2. The van der Waals surface area contributed by atoms with Gasteiger partial charge in [-0.25, -0.2) is 9.37 Å². The summed E-state index contributed by atoms with van der Waals surface area (Å²) in [6.07, 6.45) is 3.40. The maximum atomic E-state index is 13.0. The van der Waals surface area contributed by atoms with E-state index in [4.69, 9.17) is 0 Å². The molecule has 5 aromatic rings. The summed E-state index contributed by atoms with van der Waals surface area (Å²) in [5.41, 5.74) is 3.05. The van der Waals surface area contributed by atoms with Gasteiger partial charge >= 0.3 is 0 Å². The number of hydrogen-bond acceptors (Lipinski definition) is 4. The van der Waals surface area contributed by atoms with Gasteiger partial charge in [0.15, 0.2) is 11.5 Å². The maximum Gasteiger partial charge on any atom is 0.256 e. The quantitative estimate of drug-likeness (QED) is 0.412. The first-order valence-corrected chi connectivity index (χ1v) is 9.37. The number of anilines is 2. The molecule has 0 bridgehead atoms. The van der Waals surface area contributed by atoms with Crippen molar-refractivity contribution in [1.82, 2.24) is 19.6 Å². The number of aromatic amines is 1. The van der Waals surface area contributed by atoms with Crippen LogP contribution in [-0.2, 0) is 6.54 Å². The molecule has 0 aliphatic rings. The highest BCUT2D eigenvalue weighted by atomic mass is 19.1. The highest BCUT2D eigenvalue weighted by molar-refractivity contribution is 6.06. The Hall–Kier alpha value is -4.20. The molecular formula is C22H17FN6O. The van der Waals surface area contributed by atoms with E-state index in [9.17, 15) is 9.18 Å². The van der Waals surface area contributed by atoms with Crippen LogP contribution in [0, 0.1) is 5.82 Å². The second-order valence-electron chi connectivity index (χ2n) is 6.85. The first-order valence-electron chi connectivity index (χ1n) is 9.37. The van der Waals surface area contributed by atoms with Crippen molar-refractivity contribution in [2.75, 3.05) is 10.6 Å². The fraction of sp³-hybridized carbons (Fsp3) is 0.0455. The monoisotopic (exact) mass is 400 g/mol. The smallest absolute Gasteiger partial charge is 0.256 e. The zero-order valence-electron chi connectivity index (χ0n) is 15.8. The van der Waals surface area contributed by atoms with Crippen molar-refractivity contribution in [1.29, 1.82) is 0 Å². The summed E-state index contributed by atoms with van der Waals surface area (Å²) in [6.45, 7) is 0.492. The van der Waals surface area contributed by atoms with Crippen LogP contribution >= 0.6 is 0 Å². The molecule has 0 unspecified atom stereocenters. The minimum absolute atomic E-state index is 0.244. The van der Waals surface area contributed by atoms with Crippen LogP contribution in [0.4, 0.5) is 16.0 Å². The highest BCUT2D eigenvalue weighted by Crippen LogP contribution is 2.18. The van der Waals surface area contributed by atoms with E-state index in [2.05, 4.69) is 25.7 Å². The van der Waals surface area contributed by atoms with Crippen molar-refractivity contribution in [2.45, 2.75) is 6.54 Å². The Morgan fingerprint density at radius 3 is 2.80 bits per heavy atom. The number of amides is 1. The minimum atomic E-state index is -0.271. The van der Waals surface area contributed by atoms with Crippen molar-refractivity contribution in [3.8, 4) is 0 Å². The van der Waals surface area contributed by atoms with Gasteiger partial charge < -0.3 is 15.6 Å². The number of nitrogens with zero attached hydrogens (tertiary/aromatic N) is 3. The van der Waals surface area contributed by atoms with E-state index in [1.807, 2.05) is 30.5 Å². The second-order valence-corrected chi connectivity index (χ2v) is 6.85. The number of carbonyl (C=O) groups excluding carboxylic acids is 1. The van der Waals surface area contributed by atoms with Crippen molar-refractivity contribution in [3.05, 3.63) is 90.0 Å². The van der Waals surface area contributed by atoms with Crippen LogP contribution in [0.3, 0.4) is 0 Å². The van der Waals surface area contributed by atoms with Crippen LogP contribution in [0.15, 0.2) is 73.1 Å². The number of fused-ring (bicyclic) bond motifs is 2. The molecule has 148 valence electrons. The van der Waals surface area contributed by atoms with Crippen LogP contribution in [0.5, 0.6) is 0 Å². The van der Waals surface area contributed by atoms with Gasteiger partial charge in [-0.3, -0.25) is 4.79 Å². The molecule has 0 atom stereocenters. The Labute approximate surface area is 170 Å². The first-order chi connectivity index (χ1) is 14.7. The Morgan fingerprint density at radius 1 is 1.07 bits per heavy atom. The molecular weight excluding hydrogens is 383 g/mol. The predicted molar refractivity (Wildman–Crippen MR) is 113 cm³/mol. The van der Waals surface area contributed by atoms with Crippen molar-refractivity contribution in [3.63, 3.8) is 0 Å². The number of aromatic nitrogens is 4. The molecule has 1 amide bonds. The summed E-state index contributed by atoms with van der Waals surface area (Å²) in [7, 11) is 0. The second kappa shape index (κ2) is 7.32. The van der Waals surface area contributed by atoms with Gasteiger partial charge in [0, 0.05) is 29.2 Å². The van der Waals surface area contributed by atoms with Crippen LogP contribution in [0.2, 0.25) is 0 Å². The maximum absolute atomic E-state index is 13.0. The third-order valence-electron chi connectivity index (χ3n) is 4.81. The molecule has 2 aromatic carbocycles. The number of rotatable bonds is 5. The lowest BCUT2D eigenvalue weighted by Crippen LogP contribution is -2.14. The van der Waals surface area contributed by atoms with Gasteiger partial charge in [-0.05, 0) is 54.1 Å². The van der Waals surface area contributed by atoms with Crippen molar-refractivity contribution < 1.29 is 9.18 Å². The van der Waals surface area contributed by atoms with Crippen molar-refractivity contribution in [2.24, 2.45) is 0 Å². The molecule has 0 aliphatic carbocycles. The topological polar surface area (TPSA) is 87.1 Å². The predicted octanol–water partition coefficient (Wildman–Crippen LogP) is 4.21. The number of H-pyrrole nitrogens is 1. The lowest BCUT2D eigenvalue weighted by molar-refractivity contribution is 0.102. The van der Waals surface area contributed by atoms with E-state index in [0.29, 0.717) is 29.4 Å². The number of imidazole rings is 1. The molecule has 0 spiro atoms. The highest BCUT2D eigenvalue weighted by Gasteiger charge is 2.12. The summed E-state index contributed by atoms with van der Waals surface area (Å²) in [6, 6.07) is 17.3. The molecule has 3 N–H and O–H groups in total. The third-order valence-corrected chi connectivity index (χ3v) is 4.81. The number of halogens is 1. The van der Waals surface area contributed by atoms with E-state index in [0.717, 1.165) is 16.5 Å². The third kappa shape index (κ3) is 3.46. The standard InChI is InChI=1S/C22H17FN6O/c23-17-4-1-14(2-5-17)12-25-19-7-8-20-26-13-21(29(20)28-19)27-22(30)16-3-6-18-15(11-16)9-10-24-18/h1-11,13,24H,12H2,(H,25,28)(H,27,30). The fourth-order valence-corrected chi connectivity index (χ4v) is 3.23. The lowest BCUT2D eigenvalue weighted by Gasteiger charge is -2.08. The van der Waals surface area contributed by atoms with Gasteiger partial charge in [0.2, 0.25) is 0 Å². The van der Waals surface area contributed by atoms with E-state index >= 15 is 0 Å². The van der Waals surface area contributed by atoms with Crippen LogP contribution < -0.4 is 10.6 Å². The Bertz CT molecular complexity index is 1360. The number of carbonyl (C=O) groups is 1. The molecule has 0 saturated heterocycles. The number of hydrogen-bond donors (Lipinski definition) is 3. The lowest BCUT2D eigenvalue weighted by atomic mass is 10.1. The summed E-state index contributed by atoms with van der Waals surface area (Å²) < 4.78 is 14.6. The summed E-state index contributed by atoms with van der Waals surface area (Å²) >= 11 is 0. The van der Waals surface area contributed by atoms with E-state index < -0.39 is 0 Å². The Morgan fingerprint density at radius 2 is 1.93 bits per heavy atom. The van der Waals surface area contributed by atoms with E-state index in [1.165, 1.54) is 12.1 Å². The largest absolute Gasteiger partial charge is 0.365 e. The van der Waals surface area contributed by atoms with Gasteiger partial charge in [0.1, 0.15) is 11.6 Å². The summed E-state index contributed by atoms with van der Waals surface area (Å²) in [4.78, 5) is 20.1. The summed E-state index contributed by atoms with van der Waals surface area (Å²) in [5, 5.41) is 11.5. The Balaban J connectivity index is 1.35. The molecule has 5 rings (SSSR count). The molecule has 3 aromatic heterocycles. The molecule has 7 nitrogen and oxygen atoms in total. The van der Waals surface area contributed by atoms with Crippen LogP contribution in [0.1, 0.15) is 15.9 Å². The summed E-state index contributed by atoms with van der Waals surface area (Å²) in [5.74, 6) is 0.558. The molecule has 0 fully saturated rings. The molecule has 0 aliphatic heterocycles. The van der Waals surface area contributed by atoms with Gasteiger partial charge in [-0.2, -0.15) is 4.52 Å². The Kier molecular flexibility index (Phi) is 4.36. The normalized spacial score (nSPS) is 11.1. The molecule has 30 heavy (non-hydrogen) atoms. The number of nitrogens with one attached hydrogen (secondary N) is 3. The van der Waals surface area contributed by atoms with Gasteiger partial charge in [-0.1, -0.05) is 12.1 Å². The van der Waals surface area contributed by atoms with Gasteiger partial charge in [0.05, 0.1) is 6.20 Å². The average molecular weight is 400 g/mol. The molecule has 8 heteroatoms.